The van der Waals surface area contributed by atoms with Gasteiger partial charge >= 0.3 is 6.09 Å². The zero-order valence-electron chi connectivity index (χ0n) is 15.8. The molecule has 0 aromatic heterocycles. The summed E-state index contributed by atoms with van der Waals surface area (Å²) in [6.45, 7) is 5.32. The van der Waals surface area contributed by atoms with E-state index in [9.17, 15) is 14.4 Å². The Kier molecular flexibility index (Phi) is 5.98. The molecule has 7 nitrogen and oxygen atoms in total. The van der Waals surface area contributed by atoms with E-state index in [0.29, 0.717) is 19.7 Å². The van der Waals surface area contributed by atoms with Gasteiger partial charge in [-0.15, -0.1) is 0 Å². The molecule has 3 rings (SSSR count). The van der Waals surface area contributed by atoms with Crippen LogP contribution in [0.15, 0.2) is 30.3 Å². The molecule has 0 radical (unpaired) electrons. The van der Waals surface area contributed by atoms with Gasteiger partial charge < -0.3 is 20.3 Å². The Hall–Kier alpha value is -2.57. The lowest BCUT2D eigenvalue weighted by molar-refractivity contribution is -0.139. The molecule has 2 aliphatic rings. The number of benzene rings is 1. The molecule has 2 aliphatic heterocycles. The van der Waals surface area contributed by atoms with Crippen LogP contribution in [0.4, 0.5) is 4.79 Å². The minimum absolute atomic E-state index is 0.0285. The summed E-state index contributed by atoms with van der Waals surface area (Å²) in [6.07, 6.45) is 0.594. The van der Waals surface area contributed by atoms with Gasteiger partial charge in [0.05, 0.1) is 19.1 Å². The standard InChI is InChI=1S/C20H27N3O4/c1-13(2)18(22-17(24)10-14-6-4-3-5-7-14)19(25)23-9-8-15-12-27-20(26)21-16(15)11-23/h3-7,13,15-16,18H,8-12H2,1-2H3,(H,21,26)(H,22,24)/t15-,16+,18+/m1/s1. The van der Waals surface area contributed by atoms with Crippen LogP contribution in [0.1, 0.15) is 25.8 Å². The van der Waals surface area contributed by atoms with Crippen molar-refractivity contribution in [1.82, 2.24) is 15.5 Å². The molecule has 3 amide bonds. The maximum absolute atomic E-state index is 13.1. The van der Waals surface area contributed by atoms with E-state index >= 15 is 0 Å². The lowest BCUT2D eigenvalue weighted by Gasteiger charge is -2.42. The fraction of sp³-hybridized carbons (Fsp3) is 0.550. The van der Waals surface area contributed by atoms with E-state index in [4.69, 9.17) is 4.74 Å². The second-order valence-corrected chi connectivity index (χ2v) is 7.63. The van der Waals surface area contributed by atoms with E-state index in [1.54, 1.807) is 4.90 Å². The number of nitrogens with zero attached hydrogens (tertiary/aromatic N) is 1. The van der Waals surface area contributed by atoms with Crippen molar-refractivity contribution >= 4 is 17.9 Å². The van der Waals surface area contributed by atoms with Crippen molar-refractivity contribution in [1.29, 1.82) is 0 Å². The Bertz CT molecular complexity index is 692. The van der Waals surface area contributed by atoms with Crippen molar-refractivity contribution < 1.29 is 19.1 Å². The predicted molar refractivity (Wildman–Crippen MR) is 99.9 cm³/mol. The lowest BCUT2D eigenvalue weighted by atomic mass is 9.90. The van der Waals surface area contributed by atoms with Gasteiger partial charge in [-0.1, -0.05) is 44.2 Å². The highest BCUT2D eigenvalue weighted by atomic mass is 16.6. The summed E-state index contributed by atoms with van der Waals surface area (Å²) in [5, 5.41) is 5.70. The molecule has 0 spiro atoms. The Labute approximate surface area is 159 Å². The molecule has 0 unspecified atom stereocenters. The minimum atomic E-state index is -0.576. The number of amides is 3. The van der Waals surface area contributed by atoms with Gasteiger partial charge in [0, 0.05) is 19.0 Å². The number of ether oxygens (including phenoxy) is 1. The SMILES string of the molecule is CC(C)[C@H](NC(=O)Cc1ccccc1)C(=O)N1CC[C@@H]2COC(=O)N[C@H]2C1. The van der Waals surface area contributed by atoms with Crippen LogP contribution in [0.3, 0.4) is 0 Å². The van der Waals surface area contributed by atoms with Crippen molar-refractivity contribution in [3.05, 3.63) is 35.9 Å². The maximum Gasteiger partial charge on any atom is 0.407 e. The second-order valence-electron chi connectivity index (χ2n) is 7.63. The number of rotatable bonds is 5. The van der Waals surface area contributed by atoms with Gasteiger partial charge in [0.1, 0.15) is 6.04 Å². The van der Waals surface area contributed by atoms with E-state index < -0.39 is 12.1 Å². The normalized spacial score (nSPS) is 23.1. The molecule has 3 atom stereocenters. The van der Waals surface area contributed by atoms with Gasteiger partial charge in [-0.2, -0.15) is 0 Å². The number of nitrogens with one attached hydrogen (secondary N) is 2. The van der Waals surface area contributed by atoms with E-state index in [1.165, 1.54) is 0 Å². The third-order valence-electron chi connectivity index (χ3n) is 5.26. The zero-order chi connectivity index (χ0) is 19.4. The van der Waals surface area contributed by atoms with Crippen LogP contribution in [0, 0.1) is 11.8 Å². The number of cyclic esters (lactones) is 1. The molecule has 2 saturated heterocycles. The third-order valence-corrected chi connectivity index (χ3v) is 5.26. The molecule has 7 heteroatoms. The fourth-order valence-corrected chi connectivity index (χ4v) is 3.66. The number of alkyl carbamates (subject to hydrolysis) is 1. The highest BCUT2D eigenvalue weighted by Gasteiger charge is 2.38. The zero-order valence-corrected chi connectivity index (χ0v) is 15.8. The first-order valence-corrected chi connectivity index (χ1v) is 9.49. The molecule has 27 heavy (non-hydrogen) atoms. The van der Waals surface area contributed by atoms with Crippen LogP contribution in [0.5, 0.6) is 0 Å². The Balaban J connectivity index is 1.61. The summed E-state index contributed by atoms with van der Waals surface area (Å²) in [6, 6.07) is 8.81. The van der Waals surface area contributed by atoms with Gasteiger partial charge in [0.25, 0.3) is 0 Å². The average Bonchev–Trinajstić information content (AvgIpc) is 2.65. The summed E-state index contributed by atoms with van der Waals surface area (Å²) in [4.78, 5) is 38.7. The van der Waals surface area contributed by atoms with Crippen molar-refractivity contribution in [2.75, 3.05) is 19.7 Å². The van der Waals surface area contributed by atoms with Crippen LogP contribution >= 0.6 is 0 Å². The van der Waals surface area contributed by atoms with Crippen molar-refractivity contribution in [2.24, 2.45) is 11.8 Å². The third kappa shape index (κ3) is 4.78. The molecular weight excluding hydrogens is 346 g/mol. The molecule has 0 bridgehead atoms. The largest absolute Gasteiger partial charge is 0.449 e. The van der Waals surface area contributed by atoms with Gasteiger partial charge in [-0.3, -0.25) is 9.59 Å². The smallest absolute Gasteiger partial charge is 0.407 e. The molecule has 2 heterocycles. The molecule has 146 valence electrons. The number of hydrogen-bond acceptors (Lipinski definition) is 4. The Morgan fingerprint density at radius 3 is 2.74 bits per heavy atom. The van der Waals surface area contributed by atoms with Crippen molar-refractivity contribution in [2.45, 2.75) is 38.8 Å². The monoisotopic (exact) mass is 373 g/mol. The number of likely N-dealkylation sites (tertiary alicyclic amines) is 1. The average molecular weight is 373 g/mol. The van der Waals surface area contributed by atoms with E-state index in [-0.39, 0.29) is 36.1 Å². The highest BCUT2D eigenvalue weighted by molar-refractivity contribution is 5.88. The molecule has 1 aromatic carbocycles. The molecule has 2 N–H and O–H groups in total. The molecular formula is C20H27N3O4. The van der Waals surface area contributed by atoms with Gasteiger partial charge in [-0.25, -0.2) is 4.79 Å². The number of carbonyl (C=O) groups excluding carboxylic acids is 3. The topological polar surface area (TPSA) is 87.7 Å². The van der Waals surface area contributed by atoms with Crippen LogP contribution in [0.2, 0.25) is 0 Å². The lowest BCUT2D eigenvalue weighted by Crippen LogP contribution is -2.61. The Morgan fingerprint density at radius 2 is 2.04 bits per heavy atom. The summed E-state index contributed by atoms with van der Waals surface area (Å²) in [7, 11) is 0. The predicted octanol–water partition coefficient (Wildman–Crippen LogP) is 1.33. The Morgan fingerprint density at radius 1 is 1.30 bits per heavy atom. The van der Waals surface area contributed by atoms with Crippen LogP contribution in [0.25, 0.3) is 0 Å². The number of hydrogen-bond donors (Lipinski definition) is 2. The summed E-state index contributed by atoms with van der Waals surface area (Å²) >= 11 is 0. The number of piperidine rings is 1. The first-order chi connectivity index (χ1) is 12.9. The molecule has 2 fully saturated rings. The molecule has 1 aromatic rings. The number of fused-ring (bicyclic) bond motifs is 1. The van der Waals surface area contributed by atoms with Crippen LogP contribution in [-0.4, -0.2) is 54.6 Å². The van der Waals surface area contributed by atoms with Gasteiger partial charge in [0.15, 0.2) is 0 Å². The first-order valence-electron chi connectivity index (χ1n) is 9.49. The van der Waals surface area contributed by atoms with Gasteiger partial charge in [0.2, 0.25) is 11.8 Å². The van der Waals surface area contributed by atoms with Crippen molar-refractivity contribution in [3.63, 3.8) is 0 Å². The molecule has 0 aliphatic carbocycles. The number of carbonyl (C=O) groups is 3. The van der Waals surface area contributed by atoms with Crippen LogP contribution in [-0.2, 0) is 20.7 Å². The summed E-state index contributed by atoms with van der Waals surface area (Å²) in [5.74, 6) is -0.0516. The summed E-state index contributed by atoms with van der Waals surface area (Å²) < 4.78 is 5.03. The first kappa shape index (κ1) is 19.2. The van der Waals surface area contributed by atoms with Gasteiger partial charge in [-0.05, 0) is 17.9 Å². The summed E-state index contributed by atoms with van der Waals surface area (Å²) in [5.41, 5.74) is 0.913. The fourth-order valence-electron chi connectivity index (χ4n) is 3.66. The van der Waals surface area contributed by atoms with Crippen LogP contribution < -0.4 is 10.6 Å². The highest BCUT2D eigenvalue weighted by Crippen LogP contribution is 2.22. The molecule has 0 saturated carbocycles. The second kappa shape index (κ2) is 8.41. The maximum atomic E-state index is 13.1. The van der Waals surface area contributed by atoms with E-state index in [0.717, 1.165) is 12.0 Å². The van der Waals surface area contributed by atoms with Crippen molar-refractivity contribution in [3.8, 4) is 0 Å². The minimum Gasteiger partial charge on any atom is -0.449 e. The quantitative estimate of drug-likeness (QED) is 0.815. The van der Waals surface area contributed by atoms with E-state index in [1.807, 2.05) is 44.2 Å². The van der Waals surface area contributed by atoms with E-state index in [2.05, 4.69) is 10.6 Å².